The number of benzene rings is 10. The Morgan fingerprint density at radius 3 is 1.58 bits per heavy atom. The summed E-state index contributed by atoms with van der Waals surface area (Å²) in [4.78, 5) is 15.4. The topological polar surface area (TPSA) is 61.0 Å². The molecule has 0 fully saturated rings. The molecule has 5 nitrogen and oxygen atoms in total. The Morgan fingerprint density at radius 1 is 0.323 bits per heavy atom. The van der Waals surface area contributed by atoms with E-state index >= 15 is 0 Å². The van der Waals surface area contributed by atoms with Crippen molar-refractivity contribution in [3.63, 3.8) is 0 Å². The minimum atomic E-state index is -0.677. The quantitative estimate of drug-likeness (QED) is 0.177. The van der Waals surface area contributed by atoms with Gasteiger partial charge in [-0.25, -0.2) is 15.0 Å². The molecule has 0 bridgehead atoms. The summed E-state index contributed by atoms with van der Waals surface area (Å²) >= 11 is 0. The molecular weight excluding hydrogens is 795 g/mol. The van der Waals surface area contributed by atoms with Crippen LogP contribution in [0, 0.1) is 0 Å². The molecule has 302 valence electrons. The number of aromatic nitrogens is 3. The van der Waals surface area contributed by atoms with Crippen molar-refractivity contribution in [2.24, 2.45) is 0 Å². The standard InChI is InChI=1S/C60H35N3O2/c1-2-16-39(17-3-1)57-61-58(63-59(62-57)48-25-13-24-47-45-21-9-11-27-52(45)64-54(47)48)40-30-28-38(29-31-40)41-22-12-23-46-44-20-8-10-26-49(44)60(53(41)46)50-34-32-36-14-4-6-18-42(36)55(50)65-56-43-19-7-5-15-37(43)33-35-51(56)60/h1-35H. The first kappa shape index (κ1) is 35.9. The number of fused-ring (bicyclic) bond motifs is 16. The zero-order chi connectivity index (χ0) is 42.6. The zero-order valence-corrected chi connectivity index (χ0v) is 34.9. The maximum atomic E-state index is 7.23. The number of ether oxygens (including phenoxy) is 1. The van der Waals surface area contributed by atoms with E-state index in [0.717, 1.165) is 93.9 Å². The highest BCUT2D eigenvalue weighted by atomic mass is 16.5. The molecule has 12 aromatic rings. The second-order valence-corrected chi connectivity index (χ2v) is 17.0. The smallest absolute Gasteiger partial charge is 0.167 e. The van der Waals surface area contributed by atoms with Crippen LogP contribution in [-0.2, 0) is 5.41 Å². The van der Waals surface area contributed by atoms with E-state index in [1.54, 1.807) is 0 Å². The van der Waals surface area contributed by atoms with Gasteiger partial charge < -0.3 is 9.15 Å². The van der Waals surface area contributed by atoms with Crippen LogP contribution >= 0.6 is 0 Å². The van der Waals surface area contributed by atoms with Crippen molar-refractivity contribution >= 4 is 43.5 Å². The Hall–Kier alpha value is -8.67. The molecule has 65 heavy (non-hydrogen) atoms. The first-order chi connectivity index (χ1) is 32.2. The summed E-state index contributed by atoms with van der Waals surface area (Å²) in [5.74, 6) is 3.54. The van der Waals surface area contributed by atoms with Crippen LogP contribution in [0.15, 0.2) is 217 Å². The summed E-state index contributed by atoms with van der Waals surface area (Å²) in [5.41, 5.74) is 13.0. The molecule has 1 aliphatic heterocycles. The summed E-state index contributed by atoms with van der Waals surface area (Å²) < 4.78 is 13.7. The van der Waals surface area contributed by atoms with Crippen LogP contribution in [-0.4, -0.2) is 15.0 Å². The van der Waals surface area contributed by atoms with E-state index in [4.69, 9.17) is 24.1 Å². The molecule has 1 aliphatic carbocycles. The molecule has 0 atom stereocenters. The van der Waals surface area contributed by atoms with E-state index in [1.807, 2.05) is 60.7 Å². The van der Waals surface area contributed by atoms with Gasteiger partial charge in [-0.15, -0.1) is 0 Å². The van der Waals surface area contributed by atoms with Crippen molar-refractivity contribution in [3.05, 3.63) is 235 Å². The summed E-state index contributed by atoms with van der Waals surface area (Å²) in [6.45, 7) is 0. The molecule has 14 rings (SSSR count). The lowest BCUT2D eigenvalue weighted by Gasteiger charge is -2.41. The monoisotopic (exact) mass is 829 g/mol. The van der Waals surface area contributed by atoms with Crippen molar-refractivity contribution < 1.29 is 9.15 Å². The molecular formula is C60H35N3O2. The number of hydrogen-bond acceptors (Lipinski definition) is 5. The van der Waals surface area contributed by atoms with Crippen LogP contribution in [0.1, 0.15) is 22.3 Å². The number of rotatable bonds is 4. The van der Waals surface area contributed by atoms with Gasteiger partial charge in [0, 0.05) is 43.8 Å². The lowest BCUT2D eigenvalue weighted by molar-refractivity contribution is 0.447. The molecule has 10 aromatic carbocycles. The SMILES string of the molecule is c1ccc(-c2nc(-c3ccc(-c4cccc5c4C4(c6ccccc6-5)c5ccc6ccccc6c5Oc5c4ccc4ccccc54)cc3)nc(-c3cccc4c3oc3ccccc34)n2)cc1. The third kappa shape index (κ3) is 5.12. The minimum absolute atomic E-state index is 0.556. The van der Waals surface area contributed by atoms with Crippen LogP contribution in [0.4, 0.5) is 0 Å². The third-order valence-electron chi connectivity index (χ3n) is 13.6. The highest BCUT2D eigenvalue weighted by molar-refractivity contribution is 6.09. The fraction of sp³-hybridized carbons (Fsp3) is 0.0167. The van der Waals surface area contributed by atoms with Gasteiger partial charge in [0.2, 0.25) is 0 Å². The number of para-hydroxylation sites is 2. The molecule has 1 spiro atoms. The van der Waals surface area contributed by atoms with Crippen LogP contribution in [0.25, 0.3) is 99.9 Å². The second kappa shape index (κ2) is 13.7. The number of hydrogen-bond donors (Lipinski definition) is 0. The predicted octanol–water partition coefficient (Wildman–Crippen LogP) is 15.2. The van der Waals surface area contributed by atoms with Crippen molar-refractivity contribution in [2.75, 3.05) is 0 Å². The van der Waals surface area contributed by atoms with Crippen molar-refractivity contribution in [3.8, 4) is 67.9 Å². The molecule has 0 saturated heterocycles. The van der Waals surface area contributed by atoms with Gasteiger partial charge in [-0.05, 0) is 56.3 Å². The van der Waals surface area contributed by atoms with E-state index in [1.165, 1.54) is 22.3 Å². The first-order valence-electron chi connectivity index (χ1n) is 22.0. The van der Waals surface area contributed by atoms with Gasteiger partial charge in [0.15, 0.2) is 17.5 Å². The van der Waals surface area contributed by atoms with E-state index in [9.17, 15) is 0 Å². The molecule has 0 radical (unpaired) electrons. The predicted molar refractivity (Wildman–Crippen MR) is 261 cm³/mol. The molecule has 2 aromatic heterocycles. The summed E-state index contributed by atoms with van der Waals surface area (Å²) in [5, 5.41) is 6.57. The van der Waals surface area contributed by atoms with Gasteiger partial charge in [0.05, 0.1) is 11.0 Å². The van der Waals surface area contributed by atoms with Crippen LogP contribution in [0.5, 0.6) is 11.5 Å². The fourth-order valence-electron chi connectivity index (χ4n) is 10.8. The minimum Gasteiger partial charge on any atom is -0.455 e. The highest BCUT2D eigenvalue weighted by Gasteiger charge is 2.53. The van der Waals surface area contributed by atoms with E-state index < -0.39 is 5.41 Å². The van der Waals surface area contributed by atoms with E-state index in [-0.39, 0.29) is 0 Å². The van der Waals surface area contributed by atoms with Crippen molar-refractivity contribution in [1.82, 2.24) is 15.0 Å². The fourth-order valence-corrected chi connectivity index (χ4v) is 10.8. The molecule has 5 heteroatoms. The summed E-state index contributed by atoms with van der Waals surface area (Å²) in [6.07, 6.45) is 0. The van der Waals surface area contributed by atoms with Gasteiger partial charge in [-0.1, -0.05) is 200 Å². The molecule has 2 aliphatic rings. The maximum absolute atomic E-state index is 7.23. The van der Waals surface area contributed by atoms with Gasteiger partial charge in [-0.3, -0.25) is 0 Å². The average molecular weight is 830 g/mol. The van der Waals surface area contributed by atoms with E-state index in [0.29, 0.717) is 17.5 Å². The molecule has 0 saturated carbocycles. The van der Waals surface area contributed by atoms with Crippen LogP contribution in [0.3, 0.4) is 0 Å². The summed E-state index contributed by atoms with van der Waals surface area (Å²) in [6, 6.07) is 75.1. The number of furan rings is 1. The Balaban J connectivity index is 0.980. The lowest BCUT2D eigenvalue weighted by atomic mass is 9.64. The van der Waals surface area contributed by atoms with Gasteiger partial charge in [0.25, 0.3) is 0 Å². The van der Waals surface area contributed by atoms with Crippen LogP contribution in [0.2, 0.25) is 0 Å². The number of nitrogens with zero attached hydrogens (tertiary/aromatic N) is 3. The molecule has 0 amide bonds. The Bertz CT molecular complexity index is 3840. The van der Waals surface area contributed by atoms with Crippen LogP contribution < -0.4 is 4.74 Å². The normalized spacial score (nSPS) is 13.2. The first-order valence-corrected chi connectivity index (χ1v) is 22.0. The summed E-state index contributed by atoms with van der Waals surface area (Å²) in [7, 11) is 0. The van der Waals surface area contributed by atoms with Gasteiger partial charge in [-0.2, -0.15) is 0 Å². The Morgan fingerprint density at radius 2 is 0.846 bits per heavy atom. The maximum Gasteiger partial charge on any atom is 0.167 e. The largest absolute Gasteiger partial charge is 0.455 e. The second-order valence-electron chi connectivity index (χ2n) is 17.0. The molecule has 0 N–H and O–H groups in total. The Labute approximate surface area is 373 Å². The lowest BCUT2D eigenvalue weighted by Crippen LogP contribution is -2.33. The van der Waals surface area contributed by atoms with Crippen molar-refractivity contribution in [1.29, 1.82) is 0 Å². The average Bonchev–Trinajstić information content (AvgIpc) is 3.91. The van der Waals surface area contributed by atoms with Crippen molar-refractivity contribution in [2.45, 2.75) is 5.41 Å². The van der Waals surface area contributed by atoms with Gasteiger partial charge in [0.1, 0.15) is 22.7 Å². The van der Waals surface area contributed by atoms with Gasteiger partial charge >= 0.3 is 0 Å². The van der Waals surface area contributed by atoms with E-state index in [2.05, 4.69) is 152 Å². The molecule has 3 heterocycles. The highest BCUT2D eigenvalue weighted by Crippen LogP contribution is 2.65. The third-order valence-corrected chi connectivity index (χ3v) is 13.6. The molecule has 0 unspecified atom stereocenters. The zero-order valence-electron chi connectivity index (χ0n) is 34.9. The Kier molecular flexibility index (Phi) is 7.54.